The number of nitrogens with zero attached hydrogens (tertiary/aromatic N) is 4. The Balaban J connectivity index is 1.13. The average molecular weight is 538 g/mol. The molecule has 0 amide bonds. The van der Waals surface area contributed by atoms with Crippen LogP contribution in [0.1, 0.15) is 52.4 Å². The van der Waals surface area contributed by atoms with Gasteiger partial charge in [0.25, 0.3) is 0 Å². The zero-order valence-electron chi connectivity index (χ0n) is 22.4. The maximum absolute atomic E-state index is 13.1. The molecule has 9 nitrogen and oxygen atoms in total. The molecule has 1 saturated carbocycles. The van der Waals surface area contributed by atoms with Gasteiger partial charge in [0.15, 0.2) is 0 Å². The first-order chi connectivity index (χ1) is 18.4. The van der Waals surface area contributed by atoms with Gasteiger partial charge in [-0.25, -0.2) is 13.1 Å². The van der Waals surface area contributed by atoms with Crippen molar-refractivity contribution >= 4 is 38.6 Å². The summed E-state index contributed by atoms with van der Waals surface area (Å²) in [6.07, 6.45) is 6.44. The lowest BCUT2D eigenvalue weighted by atomic mass is 9.82. The largest absolute Gasteiger partial charge is 0.354 e. The zero-order valence-corrected chi connectivity index (χ0v) is 23.2. The predicted molar refractivity (Wildman–Crippen MR) is 153 cm³/mol. The van der Waals surface area contributed by atoms with Gasteiger partial charge in [0.05, 0.1) is 4.90 Å². The average Bonchev–Trinajstić information content (AvgIpc) is 3.46. The minimum Gasteiger partial charge on any atom is -0.354 e. The highest BCUT2D eigenvalue weighted by atomic mass is 32.2. The number of fused-ring (bicyclic) bond motifs is 1. The highest BCUT2D eigenvalue weighted by Crippen LogP contribution is 2.30. The van der Waals surface area contributed by atoms with E-state index in [2.05, 4.69) is 44.1 Å². The van der Waals surface area contributed by atoms with Crippen molar-refractivity contribution in [3.05, 3.63) is 42.5 Å². The Morgan fingerprint density at radius 1 is 0.868 bits per heavy atom. The molecule has 38 heavy (non-hydrogen) atoms. The highest BCUT2D eigenvalue weighted by molar-refractivity contribution is 7.89. The van der Waals surface area contributed by atoms with Gasteiger partial charge >= 0.3 is 0 Å². The molecular formula is C28H39N7O2S. The van der Waals surface area contributed by atoms with Gasteiger partial charge in [0.2, 0.25) is 27.9 Å². The minimum atomic E-state index is -3.56. The van der Waals surface area contributed by atoms with Gasteiger partial charge < -0.3 is 15.5 Å². The van der Waals surface area contributed by atoms with E-state index in [0.29, 0.717) is 35.2 Å². The summed E-state index contributed by atoms with van der Waals surface area (Å²) in [7, 11) is -3.56. The predicted octanol–water partition coefficient (Wildman–Crippen LogP) is 4.64. The van der Waals surface area contributed by atoms with Gasteiger partial charge in [-0.1, -0.05) is 36.4 Å². The lowest BCUT2D eigenvalue weighted by Gasteiger charge is -2.29. The van der Waals surface area contributed by atoms with Crippen LogP contribution >= 0.6 is 0 Å². The molecule has 2 aliphatic rings. The van der Waals surface area contributed by atoms with Crippen molar-refractivity contribution in [3.8, 4) is 0 Å². The summed E-state index contributed by atoms with van der Waals surface area (Å²) in [6.45, 7) is 7.40. The van der Waals surface area contributed by atoms with Crippen LogP contribution < -0.4 is 20.3 Å². The number of rotatable bonds is 10. The normalized spacial score (nSPS) is 20.2. The van der Waals surface area contributed by atoms with E-state index in [0.717, 1.165) is 62.0 Å². The fraction of sp³-hybridized carbons (Fsp3) is 0.536. The third-order valence-corrected chi connectivity index (χ3v) is 9.03. The van der Waals surface area contributed by atoms with Gasteiger partial charge in [-0.05, 0) is 75.7 Å². The molecule has 1 aromatic heterocycles. The maximum atomic E-state index is 13.1. The Hall–Kier alpha value is -2.98. The van der Waals surface area contributed by atoms with E-state index in [-0.39, 0.29) is 6.04 Å². The number of nitrogens with one attached hydrogen (secondary N) is 3. The summed E-state index contributed by atoms with van der Waals surface area (Å²) < 4.78 is 29.0. The summed E-state index contributed by atoms with van der Waals surface area (Å²) in [5.41, 5.74) is 0. The molecule has 3 aromatic rings. The van der Waals surface area contributed by atoms with Crippen LogP contribution in [-0.4, -0.2) is 55.6 Å². The number of aromatic nitrogens is 3. The first-order valence-electron chi connectivity index (χ1n) is 13.9. The summed E-state index contributed by atoms with van der Waals surface area (Å²) in [4.78, 5) is 16.5. The standard InChI is InChI=1S/C28H39N7O2S/c1-20(2)31-27-32-26(33-28(34-27)35-16-5-6-17-35)29-18-21-12-14-22(15-13-21)19-30-38(36,37)25-11-7-9-23-8-3-4-10-24(23)25/h3-4,7-11,20-22,30H,5-6,12-19H2,1-2H3,(H2,29,31,32,33,34). The fourth-order valence-corrected chi connectivity index (χ4v) is 6.78. The summed E-state index contributed by atoms with van der Waals surface area (Å²) in [6, 6.07) is 13.3. The first kappa shape index (κ1) is 26.6. The molecule has 5 rings (SSSR count). The van der Waals surface area contributed by atoms with E-state index in [1.54, 1.807) is 12.1 Å². The smallest absolute Gasteiger partial charge is 0.241 e. The molecule has 0 radical (unpaired) electrons. The van der Waals surface area contributed by atoms with Gasteiger partial charge in [-0.2, -0.15) is 15.0 Å². The van der Waals surface area contributed by atoms with Crippen molar-refractivity contribution in [2.75, 3.05) is 41.7 Å². The molecule has 0 spiro atoms. The number of sulfonamides is 1. The van der Waals surface area contributed by atoms with Crippen molar-refractivity contribution in [3.63, 3.8) is 0 Å². The molecule has 1 aliphatic heterocycles. The molecule has 0 unspecified atom stereocenters. The van der Waals surface area contributed by atoms with Gasteiger partial charge in [0, 0.05) is 37.6 Å². The molecule has 204 valence electrons. The Labute approximate surface area is 225 Å². The molecule has 1 aliphatic carbocycles. The van der Waals surface area contributed by atoms with Crippen LogP contribution in [0.25, 0.3) is 10.8 Å². The second-order valence-electron chi connectivity index (χ2n) is 10.9. The van der Waals surface area contributed by atoms with Crippen molar-refractivity contribution in [1.29, 1.82) is 0 Å². The molecule has 2 fully saturated rings. The SMILES string of the molecule is CC(C)Nc1nc(NCC2CCC(CNS(=O)(=O)c3cccc4ccccc34)CC2)nc(N2CCCC2)n1. The van der Waals surface area contributed by atoms with Gasteiger partial charge in [-0.15, -0.1) is 0 Å². The van der Waals surface area contributed by atoms with Crippen LogP contribution in [0.2, 0.25) is 0 Å². The minimum absolute atomic E-state index is 0.241. The molecule has 0 atom stereocenters. The lowest BCUT2D eigenvalue weighted by molar-refractivity contribution is 0.284. The van der Waals surface area contributed by atoms with Crippen molar-refractivity contribution in [2.24, 2.45) is 11.8 Å². The van der Waals surface area contributed by atoms with E-state index < -0.39 is 10.0 Å². The highest BCUT2D eigenvalue weighted by Gasteiger charge is 2.25. The van der Waals surface area contributed by atoms with Crippen LogP contribution in [0, 0.1) is 11.8 Å². The number of hydrogen-bond donors (Lipinski definition) is 3. The Morgan fingerprint density at radius 3 is 2.26 bits per heavy atom. The fourth-order valence-electron chi connectivity index (χ4n) is 5.44. The van der Waals surface area contributed by atoms with E-state index in [4.69, 9.17) is 4.98 Å². The van der Waals surface area contributed by atoms with Gasteiger partial charge in [0.1, 0.15) is 0 Å². The van der Waals surface area contributed by atoms with Crippen molar-refractivity contribution in [1.82, 2.24) is 19.7 Å². The summed E-state index contributed by atoms with van der Waals surface area (Å²) >= 11 is 0. The van der Waals surface area contributed by atoms with E-state index in [1.165, 1.54) is 12.8 Å². The number of anilines is 3. The molecule has 3 N–H and O–H groups in total. The molecule has 10 heteroatoms. The third kappa shape index (κ3) is 6.53. The quantitative estimate of drug-likeness (QED) is 0.343. The van der Waals surface area contributed by atoms with Crippen LogP contribution in [0.4, 0.5) is 17.8 Å². The van der Waals surface area contributed by atoms with E-state index in [1.807, 2.05) is 30.3 Å². The second kappa shape index (κ2) is 11.8. The lowest BCUT2D eigenvalue weighted by Crippen LogP contribution is -2.32. The second-order valence-corrected chi connectivity index (χ2v) is 12.6. The number of benzene rings is 2. The third-order valence-electron chi connectivity index (χ3n) is 7.55. The Bertz CT molecular complexity index is 1330. The summed E-state index contributed by atoms with van der Waals surface area (Å²) in [5.74, 6) is 2.83. The maximum Gasteiger partial charge on any atom is 0.241 e. The van der Waals surface area contributed by atoms with Crippen LogP contribution in [-0.2, 0) is 10.0 Å². The van der Waals surface area contributed by atoms with Crippen LogP contribution in [0.3, 0.4) is 0 Å². The molecule has 0 bridgehead atoms. The number of hydrogen-bond acceptors (Lipinski definition) is 8. The Kier molecular flexibility index (Phi) is 8.28. The van der Waals surface area contributed by atoms with Crippen molar-refractivity contribution in [2.45, 2.75) is 63.3 Å². The molecule has 1 saturated heterocycles. The van der Waals surface area contributed by atoms with Gasteiger partial charge in [-0.3, -0.25) is 0 Å². The Morgan fingerprint density at radius 2 is 1.53 bits per heavy atom. The monoisotopic (exact) mass is 537 g/mol. The van der Waals surface area contributed by atoms with Crippen LogP contribution in [0.15, 0.2) is 47.4 Å². The first-order valence-corrected chi connectivity index (χ1v) is 15.3. The molecule has 2 aromatic carbocycles. The van der Waals surface area contributed by atoms with E-state index in [9.17, 15) is 8.42 Å². The molecule has 2 heterocycles. The van der Waals surface area contributed by atoms with Crippen LogP contribution in [0.5, 0.6) is 0 Å². The molecular weight excluding hydrogens is 498 g/mol. The van der Waals surface area contributed by atoms with E-state index >= 15 is 0 Å². The van der Waals surface area contributed by atoms with Crippen molar-refractivity contribution < 1.29 is 8.42 Å². The topological polar surface area (TPSA) is 112 Å². The zero-order chi connectivity index (χ0) is 26.5. The summed E-state index contributed by atoms with van der Waals surface area (Å²) in [5, 5.41) is 8.47.